The number of carbonyl (C=O) groups excluding carboxylic acids is 1. The Morgan fingerprint density at radius 3 is 2.89 bits per heavy atom. The number of nitrogens with one attached hydrogen (secondary N) is 1. The van der Waals surface area contributed by atoms with Gasteiger partial charge in [-0.05, 0) is 49.4 Å². The van der Waals surface area contributed by atoms with E-state index >= 15 is 0 Å². The van der Waals surface area contributed by atoms with E-state index in [4.69, 9.17) is 5.73 Å². The first-order valence-electron chi connectivity index (χ1n) is 6.68. The molecule has 1 aliphatic rings. The standard InChI is InChI=1S/C14H21N3O/c15-10-12-2-1-3-13(12)17-14(18)5-4-11-6-8-16-9-7-11/h6-9,12-13H,1-5,10,15H2,(H,17,18). The molecule has 2 atom stereocenters. The van der Waals surface area contributed by atoms with Crippen molar-refractivity contribution in [2.45, 2.75) is 38.1 Å². The summed E-state index contributed by atoms with van der Waals surface area (Å²) in [5.41, 5.74) is 6.86. The van der Waals surface area contributed by atoms with Crippen LogP contribution in [0.4, 0.5) is 0 Å². The van der Waals surface area contributed by atoms with E-state index in [1.807, 2.05) is 12.1 Å². The molecule has 18 heavy (non-hydrogen) atoms. The van der Waals surface area contributed by atoms with Crippen molar-refractivity contribution >= 4 is 5.91 Å². The molecule has 1 fully saturated rings. The van der Waals surface area contributed by atoms with Crippen molar-refractivity contribution in [2.75, 3.05) is 6.54 Å². The average molecular weight is 247 g/mol. The van der Waals surface area contributed by atoms with Crippen molar-refractivity contribution in [2.24, 2.45) is 11.7 Å². The summed E-state index contributed by atoms with van der Waals surface area (Å²) in [6.07, 6.45) is 8.22. The van der Waals surface area contributed by atoms with E-state index < -0.39 is 0 Å². The molecule has 3 N–H and O–H groups in total. The van der Waals surface area contributed by atoms with Crippen LogP contribution >= 0.6 is 0 Å². The molecule has 4 nitrogen and oxygen atoms in total. The SMILES string of the molecule is NCC1CCCC1NC(=O)CCc1ccncc1. The fraction of sp³-hybridized carbons (Fsp3) is 0.571. The maximum absolute atomic E-state index is 11.9. The topological polar surface area (TPSA) is 68.0 Å². The van der Waals surface area contributed by atoms with Crippen LogP contribution in [-0.2, 0) is 11.2 Å². The minimum Gasteiger partial charge on any atom is -0.353 e. The van der Waals surface area contributed by atoms with Gasteiger partial charge in [-0.2, -0.15) is 0 Å². The summed E-state index contributed by atoms with van der Waals surface area (Å²) in [5.74, 6) is 0.604. The zero-order valence-electron chi connectivity index (χ0n) is 10.6. The van der Waals surface area contributed by atoms with Gasteiger partial charge in [-0.3, -0.25) is 9.78 Å². The lowest BCUT2D eigenvalue weighted by atomic mass is 10.0. The first-order valence-corrected chi connectivity index (χ1v) is 6.68. The summed E-state index contributed by atoms with van der Waals surface area (Å²) >= 11 is 0. The van der Waals surface area contributed by atoms with Crippen LogP contribution in [0, 0.1) is 5.92 Å². The normalized spacial score (nSPS) is 22.9. The van der Waals surface area contributed by atoms with E-state index in [2.05, 4.69) is 10.3 Å². The Bertz CT molecular complexity index is 380. The molecule has 98 valence electrons. The van der Waals surface area contributed by atoms with E-state index in [9.17, 15) is 4.79 Å². The molecule has 0 radical (unpaired) electrons. The molecule has 1 saturated carbocycles. The van der Waals surface area contributed by atoms with E-state index in [0.717, 1.165) is 24.8 Å². The lowest BCUT2D eigenvalue weighted by molar-refractivity contribution is -0.122. The highest BCUT2D eigenvalue weighted by Gasteiger charge is 2.26. The summed E-state index contributed by atoms with van der Waals surface area (Å²) in [6.45, 7) is 0.676. The van der Waals surface area contributed by atoms with E-state index in [1.165, 1.54) is 6.42 Å². The van der Waals surface area contributed by atoms with Gasteiger partial charge in [-0.1, -0.05) is 6.42 Å². The van der Waals surface area contributed by atoms with Crippen molar-refractivity contribution in [1.29, 1.82) is 0 Å². The van der Waals surface area contributed by atoms with E-state index in [1.54, 1.807) is 12.4 Å². The quantitative estimate of drug-likeness (QED) is 0.823. The summed E-state index contributed by atoms with van der Waals surface area (Å²) in [7, 11) is 0. The Labute approximate surface area is 108 Å². The van der Waals surface area contributed by atoms with Crippen LogP contribution in [-0.4, -0.2) is 23.5 Å². The van der Waals surface area contributed by atoms with Gasteiger partial charge in [0, 0.05) is 24.9 Å². The molecule has 0 aliphatic heterocycles. The molecule has 0 spiro atoms. The third kappa shape index (κ3) is 3.53. The second kappa shape index (κ2) is 6.50. The highest BCUT2D eigenvalue weighted by molar-refractivity contribution is 5.76. The maximum Gasteiger partial charge on any atom is 0.220 e. The number of amides is 1. The third-order valence-corrected chi connectivity index (χ3v) is 3.70. The van der Waals surface area contributed by atoms with Gasteiger partial charge >= 0.3 is 0 Å². The predicted molar refractivity (Wildman–Crippen MR) is 70.9 cm³/mol. The number of rotatable bonds is 5. The molecular formula is C14H21N3O. The second-order valence-electron chi connectivity index (χ2n) is 4.96. The minimum atomic E-state index is 0.136. The highest BCUT2D eigenvalue weighted by Crippen LogP contribution is 2.24. The number of carbonyl (C=O) groups is 1. The zero-order chi connectivity index (χ0) is 12.8. The predicted octanol–water partition coefficient (Wildman–Crippen LogP) is 1.26. The van der Waals surface area contributed by atoms with E-state index in [0.29, 0.717) is 24.9 Å². The molecule has 1 amide bonds. The highest BCUT2D eigenvalue weighted by atomic mass is 16.1. The summed E-state index contributed by atoms with van der Waals surface area (Å²) in [6, 6.07) is 4.19. The first kappa shape index (κ1) is 13.0. The number of nitrogens with two attached hydrogens (primary N) is 1. The Morgan fingerprint density at radius 1 is 1.39 bits per heavy atom. The number of aryl methyl sites for hydroxylation is 1. The Hall–Kier alpha value is -1.42. The van der Waals surface area contributed by atoms with Gasteiger partial charge < -0.3 is 11.1 Å². The number of pyridine rings is 1. The van der Waals surface area contributed by atoms with Crippen LogP contribution in [0.3, 0.4) is 0 Å². The van der Waals surface area contributed by atoms with Crippen LogP contribution in [0.1, 0.15) is 31.2 Å². The van der Waals surface area contributed by atoms with Crippen molar-refractivity contribution < 1.29 is 4.79 Å². The molecule has 0 saturated heterocycles. The smallest absolute Gasteiger partial charge is 0.220 e. The van der Waals surface area contributed by atoms with Gasteiger partial charge in [-0.25, -0.2) is 0 Å². The minimum absolute atomic E-state index is 0.136. The molecule has 2 rings (SSSR count). The molecule has 0 aromatic carbocycles. The molecule has 1 aromatic rings. The zero-order valence-corrected chi connectivity index (χ0v) is 10.6. The lowest BCUT2D eigenvalue weighted by Crippen LogP contribution is -2.39. The van der Waals surface area contributed by atoms with Crippen molar-refractivity contribution in [3.63, 3.8) is 0 Å². The molecule has 0 bridgehead atoms. The van der Waals surface area contributed by atoms with Gasteiger partial charge in [-0.15, -0.1) is 0 Å². The summed E-state index contributed by atoms with van der Waals surface area (Å²) < 4.78 is 0. The van der Waals surface area contributed by atoms with Gasteiger partial charge in [0.25, 0.3) is 0 Å². The number of hydrogen-bond acceptors (Lipinski definition) is 3. The second-order valence-corrected chi connectivity index (χ2v) is 4.96. The molecule has 1 aliphatic carbocycles. The molecule has 2 unspecified atom stereocenters. The monoisotopic (exact) mass is 247 g/mol. The van der Waals surface area contributed by atoms with Gasteiger partial charge in [0.05, 0.1) is 0 Å². The van der Waals surface area contributed by atoms with Gasteiger partial charge in [0.1, 0.15) is 0 Å². The van der Waals surface area contributed by atoms with Gasteiger partial charge in [0.2, 0.25) is 5.91 Å². The molecule has 1 heterocycles. The van der Waals surface area contributed by atoms with Crippen LogP contribution in [0.25, 0.3) is 0 Å². The number of aromatic nitrogens is 1. The number of hydrogen-bond donors (Lipinski definition) is 2. The van der Waals surface area contributed by atoms with Crippen LogP contribution in [0.5, 0.6) is 0 Å². The maximum atomic E-state index is 11.9. The van der Waals surface area contributed by atoms with Crippen LogP contribution in [0.15, 0.2) is 24.5 Å². The fourth-order valence-corrected chi connectivity index (χ4v) is 2.60. The lowest BCUT2D eigenvalue weighted by Gasteiger charge is -2.19. The van der Waals surface area contributed by atoms with Crippen LogP contribution < -0.4 is 11.1 Å². The fourth-order valence-electron chi connectivity index (χ4n) is 2.60. The Morgan fingerprint density at radius 2 is 2.17 bits per heavy atom. The molecule has 4 heteroatoms. The third-order valence-electron chi connectivity index (χ3n) is 3.70. The Balaban J connectivity index is 1.75. The van der Waals surface area contributed by atoms with Crippen molar-refractivity contribution in [3.05, 3.63) is 30.1 Å². The first-order chi connectivity index (χ1) is 8.79. The Kier molecular flexibility index (Phi) is 4.70. The largest absolute Gasteiger partial charge is 0.353 e. The summed E-state index contributed by atoms with van der Waals surface area (Å²) in [4.78, 5) is 15.8. The molecule has 1 aromatic heterocycles. The number of nitrogens with zero attached hydrogens (tertiary/aromatic N) is 1. The van der Waals surface area contributed by atoms with E-state index in [-0.39, 0.29) is 5.91 Å². The average Bonchev–Trinajstić information content (AvgIpc) is 2.85. The summed E-state index contributed by atoms with van der Waals surface area (Å²) in [5, 5.41) is 3.12. The van der Waals surface area contributed by atoms with Crippen molar-refractivity contribution in [3.8, 4) is 0 Å². The van der Waals surface area contributed by atoms with Crippen molar-refractivity contribution in [1.82, 2.24) is 10.3 Å². The molecular weight excluding hydrogens is 226 g/mol. The van der Waals surface area contributed by atoms with Gasteiger partial charge in [0.15, 0.2) is 0 Å². The van der Waals surface area contributed by atoms with Crippen LogP contribution in [0.2, 0.25) is 0 Å².